The van der Waals surface area contributed by atoms with Crippen LogP contribution in [0.15, 0.2) is 97.1 Å². The molecule has 1 saturated heterocycles. The molecule has 0 saturated carbocycles. The number of pyridine rings is 1. The van der Waals surface area contributed by atoms with Crippen molar-refractivity contribution in [3.63, 3.8) is 0 Å². The number of benzene rings is 3. The van der Waals surface area contributed by atoms with Gasteiger partial charge in [0, 0.05) is 30.1 Å². The van der Waals surface area contributed by atoms with Gasteiger partial charge < -0.3 is 15.0 Å². The average molecular weight is 632 g/mol. The third-order valence-corrected chi connectivity index (χ3v) is 8.85. The summed E-state index contributed by atoms with van der Waals surface area (Å²) in [6.07, 6.45) is -2.19. The number of likely N-dealkylation sites (N-methyl/N-ethyl adjacent to an activating group) is 1. The van der Waals surface area contributed by atoms with Gasteiger partial charge in [0.2, 0.25) is 5.91 Å². The van der Waals surface area contributed by atoms with E-state index in [0.717, 1.165) is 33.5 Å². The number of Topliss-reactive ketones (excluding diaryl/α,β-unsaturated/α-hetero) is 1. The minimum absolute atomic E-state index is 0.0295. The number of nitrogens with one attached hydrogen (secondary N) is 2. The number of nitrogens with zero attached hydrogens (tertiary/aromatic N) is 3. The Bertz CT molecular complexity index is 1920. The maximum Gasteiger partial charge on any atom is 0.410 e. The van der Waals surface area contributed by atoms with Gasteiger partial charge in [0.15, 0.2) is 5.78 Å². The first kappa shape index (κ1) is 30.3. The van der Waals surface area contributed by atoms with Gasteiger partial charge in [-0.1, -0.05) is 78.9 Å². The van der Waals surface area contributed by atoms with Crippen LogP contribution in [0.1, 0.15) is 39.5 Å². The highest BCUT2D eigenvalue weighted by atomic mass is 19.1. The molecule has 2 atom stereocenters. The molecule has 2 aromatic heterocycles. The standard InChI is InChI=1S/C37H34FN5O4/c1-42(21-34(44)23-9-3-2-4-10-23)20-25-18-32-31(39-25)15-16-35(40-32)41-36(45)33-17-24(38)19-43(33)37(46)47-22-30-28-13-7-5-11-26(28)27-12-6-8-14-29(27)30/h2-16,18,24,30,33,39H,17,19-22H2,1H3,(H,40,41,45)/t24-,33-/m1/s1. The van der Waals surface area contributed by atoms with E-state index in [-0.39, 0.29) is 43.6 Å². The van der Waals surface area contributed by atoms with Crippen LogP contribution in [-0.2, 0) is 16.1 Å². The maximum absolute atomic E-state index is 14.6. The number of rotatable bonds is 9. The quantitative estimate of drug-likeness (QED) is 0.188. The lowest BCUT2D eigenvalue weighted by Crippen LogP contribution is -2.43. The Labute approximate surface area is 271 Å². The summed E-state index contributed by atoms with van der Waals surface area (Å²) in [5.41, 5.74) is 7.28. The van der Waals surface area contributed by atoms with Crippen molar-refractivity contribution in [3.8, 4) is 11.1 Å². The van der Waals surface area contributed by atoms with Crippen LogP contribution in [0, 0.1) is 0 Å². The first-order valence-electron chi connectivity index (χ1n) is 15.7. The number of hydrogen-bond acceptors (Lipinski definition) is 6. The van der Waals surface area contributed by atoms with Gasteiger partial charge in [-0.25, -0.2) is 14.2 Å². The van der Waals surface area contributed by atoms with Crippen LogP contribution < -0.4 is 5.32 Å². The number of carbonyl (C=O) groups is 3. The summed E-state index contributed by atoms with van der Waals surface area (Å²) in [4.78, 5) is 50.2. The van der Waals surface area contributed by atoms with Gasteiger partial charge in [-0.05, 0) is 47.5 Å². The fraction of sp³-hybridized carbons (Fsp3) is 0.243. The molecule has 7 rings (SSSR count). The SMILES string of the molecule is CN(CC(=O)c1ccccc1)Cc1cc2nc(NC(=O)[C@H]3C[C@@H](F)CN3C(=O)OCC3c4ccccc4-c4ccccc43)ccc2[nH]1. The Kier molecular flexibility index (Phi) is 8.26. The summed E-state index contributed by atoms with van der Waals surface area (Å²) >= 11 is 0. The molecule has 0 unspecified atom stereocenters. The average Bonchev–Trinajstić information content (AvgIpc) is 3.76. The van der Waals surface area contributed by atoms with Crippen molar-refractivity contribution >= 4 is 34.6 Å². The van der Waals surface area contributed by atoms with Gasteiger partial charge in [0.25, 0.3) is 0 Å². The lowest BCUT2D eigenvalue weighted by atomic mass is 9.98. The monoisotopic (exact) mass is 631 g/mol. The summed E-state index contributed by atoms with van der Waals surface area (Å²) in [6.45, 7) is 0.609. The van der Waals surface area contributed by atoms with Gasteiger partial charge in [-0.3, -0.25) is 19.4 Å². The van der Waals surface area contributed by atoms with Crippen LogP contribution in [0.5, 0.6) is 0 Å². The third kappa shape index (κ3) is 6.24. The van der Waals surface area contributed by atoms with Crippen molar-refractivity contribution in [2.24, 2.45) is 0 Å². The fourth-order valence-electron chi connectivity index (χ4n) is 6.65. The number of ketones is 1. The number of likely N-dealkylation sites (tertiary alicyclic amines) is 1. The molecular weight excluding hydrogens is 597 g/mol. The molecule has 3 heterocycles. The number of amides is 2. The molecule has 9 nitrogen and oxygen atoms in total. The number of H-pyrrole nitrogens is 1. The van der Waals surface area contributed by atoms with Crippen LogP contribution in [0.2, 0.25) is 0 Å². The van der Waals surface area contributed by atoms with Gasteiger partial charge in [-0.2, -0.15) is 0 Å². The summed E-state index contributed by atoms with van der Waals surface area (Å²) < 4.78 is 20.4. The summed E-state index contributed by atoms with van der Waals surface area (Å²) in [6, 6.07) is 29.5. The Morgan fingerprint density at radius 2 is 1.64 bits per heavy atom. The van der Waals surface area contributed by atoms with Crippen LogP contribution in [0.3, 0.4) is 0 Å². The zero-order valence-electron chi connectivity index (χ0n) is 25.9. The zero-order valence-corrected chi connectivity index (χ0v) is 25.9. The lowest BCUT2D eigenvalue weighted by molar-refractivity contribution is -0.120. The largest absolute Gasteiger partial charge is 0.448 e. The molecule has 3 aromatic carbocycles. The minimum atomic E-state index is -1.35. The highest BCUT2D eigenvalue weighted by Crippen LogP contribution is 2.44. The van der Waals surface area contributed by atoms with Gasteiger partial charge in [0.1, 0.15) is 24.6 Å². The minimum Gasteiger partial charge on any atom is -0.448 e. The van der Waals surface area contributed by atoms with E-state index < -0.39 is 24.2 Å². The van der Waals surface area contributed by atoms with Gasteiger partial charge in [-0.15, -0.1) is 0 Å². The van der Waals surface area contributed by atoms with Crippen molar-refractivity contribution < 1.29 is 23.5 Å². The van der Waals surface area contributed by atoms with Crippen molar-refractivity contribution in [1.29, 1.82) is 0 Å². The molecule has 0 spiro atoms. The van der Waals surface area contributed by atoms with E-state index >= 15 is 0 Å². The van der Waals surface area contributed by atoms with E-state index in [2.05, 4.69) is 27.4 Å². The molecule has 1 aliphatic heterocycles. The zero-order chi connectivity index (χ0) is 32.5. The van der Waals surface area contributed by atoms with E-state index in [4.69, 9.17) is 4.74 Å². The summed E-state index contributed by atoms with van der Waals surface area (Å²) in [7, 11) is 1.87. The number of halogens is 1. The van der Waals surface area contributed by atoms with Crippen LogP contribution in [0.4, 0.5) is 15.0 Å². The molecule has 5 aromatic rings. The van der Waals surface area contributed by atoms with E-state index in [1.165, 1.54) is 4.90 Å². The number of ether oxygens (including phenoxy) is 1. The molecule has 2 aliphatic rings. The predicted octanol–water partition coefficient (Wildman–Crippen LogP) is 6.18. The highest BCUT2D eigenvalue weighted by Gasteiger charge is 2.41. The maximum atomic E-state index is 14.6. The number of hydrogen-bond donors (Lipinski definition) is 2. The Balaban J connectivity index is 0.984. The van der Waals surface area contributed by atoms with Gasteiger partial charge in [0.05, 0.1) is 24.1 Å². The second-order valence-electron chi connectivity index (χ2n) is 12.2. The molecule has 0 bridgehead atoms. The summed E-state index contributed by atoms with van der Waals surface area (Å²) in [5.74, 6) is -0.355. The number of fused-ring (bicyclic) bond motifs is 4. The number of aromatic amines is 1. The number of alkyl halides is 1. The summed E-state index contributed by atoms with van der Waals surface area (Å²) in [5, 5.41) is 2.76. The predicted molar refractivity (Wildman–Crippen MR) is 177 cm³/mol. The molecule has 1 aliphatic carbocycles. The smallest absolute Gasteiger partial charge is 0.410 e. The van der Waals surface area contributed by atoms with E-state index in [1.54, 1.807) is 24.3 Å². The fourth-order valence-corrected chi connectivity index (χ4v) is 6.65. The Morgan fingerprint density at radius 1 is 0.957 bits per heavy atom. The molecule has 1 fully saturated rings. The Morgan fingerprint density at radius 3 is 2.36 bits per heavy atom. The van der Waals surface area contributed by atoms with Crippen molar-refractivity contribution in [2.45, 2.75) is 31.1 Å². The number of aromatic nitrogens is 2. The lowest BCUT2D eigenvalue weighted by Gasteiger charge is -2.24. The third-order valence-electron chi connectivity index (χ3n) is 8.85. The Hall–Kier alpha value is -5.35. The first-order valence-corrected chi connectivity index (χ1v) is 15.7. The van der Waals surface area contributed by atoms with Crippen molar-refractivity contribution in [2.75, 3.05) is 32.1 Å². The molecule has 47 heavy (non-hydrogen) atoms. The number of carbonyl (C=O) groups excluding carboxylic acids is 3. The normalized spacial score (nSPS) is 17.1. The molecule has 2 amide bonds. The second-order valence-corrected chi connectivity index (χ2v) is 12.2. The van der Waals surface area contributed by atoms with Crippen LogP contribution >= 0.6 is 0 Å². The van der Waals surface area contributed by atoms with E-state index in [1.807, 2.05) is 72.6 Å². The van der Waals surface area contributed by atoms with E-state index in [9.17, 15) is 18.8 Å². The van der Waals surface area contributed by atoms with Gasteiger partial charge >= 0.3 is 6.09 Å². The first-order chi connectivity index (χ1) is 22.8. The van der Waals surface area contributed by atoms with Crippen molar-refractivity contribution in [1.82, 2.24) is 19.8 Å². The van der Waals surface area contributed by atoms with Crippen molar-refractivity contribution in [3.05, 3.63) is 119 Å². The van der Waals surface area contributed by atoms with Crippen LogP contribution in [-0.4, -0.2) is 76.5 Å². The molecule has 238 valence electrons. The van der Waals surface area contributed by atoms with Crippen LogP contribution in [0.25, 0.3) is 22.2 Å². The number of anilines is 1. The molecular formula is C37H34FN5O4. The molecule has 0 radical (unpaired) electrons. The second kappa shape index (κ2) is 12.8. The highest BCUT2D eigenvalue weighted by molar-refractivity contribution is 5.98. The van der Waals surface area contributed by atoms with E-state index in [0.29, 0.717) is 17.6 Å². The molecule has 2 N–H and O–H groups in total. The molecule has 10 heteroatoms. The topological polar surface area (TPSA) is 108 Å².